The molecular formula is C16H38NO3W. The third kappa shape index (κ3) is 622. The minimum absolute atomic E-state index is 0.500. The van der Waals surface area contributed by atoms with Crippen molar-refractivity contribution in [3.8, 4) is 4.20 Å². The molecule has 21 heavy (non-hydrogen) atoms. The molecule has 131 valence electrons. The van der Waals surface area contributed by atoms with E-state index in [0.29, 0.717) is 0 Å². The van der Waals surface area contributed by atoms with Gasteiger partial charge in [-0.2, -0.15) is 0 Å². The molecule has 0 saturated carbocycles. The van der Waals surface area contributed by atoms with Gasteiger partial charge in [0.05, 0.1) is 16.8 Å². The van der Waals surface area contributed by atoms with Gasteiger partial charge in [0.15, 0.2) is 0 Å². The van der Waals surface area contributed by atoms with Gasteiger partial charge < -0.3 is 15.3 Å². The number of nitrogens with zero attached hydrogens (tertiary/aromatic N) is 1. The Bertz CT molecular complexity index is 206. The van der Waals surface area contributed by atoms with Crippen molar-refractivity contribution in [1.29, 1.82) is 0 Å². The Balaban J connectivity index is -0.0000000921. The molecule has 0 heterocycles. The molecule has 3 N–H and O–H groups in total. The molecule has 0 fully saturated rings. The van der Waals surface area contributed by atoms with Crippen molar-refractivity contribution in [1.82, 2.24) is 4.90 Å². The van der Waals surface area contributed by atoms with Crippen molar-refractivity contribution < 1.29 is 34.5 Å². The first-order valence-electron chi connectivity index (χ1n) is 6.94. The predicted molar refractivity (Wildman–Crippen MR) is 88.4 cm³/mol. The summed E-state index contributed by atoms with van der Waals surface area (Å²) < 4.78 is 3.08. The molecule has 0 aliphatic carbocycles. The summed E-state index contributed by atoms with van der Waals surface area (Å²) in [6, 6.07) is 0. The summed E-state index contributed by atoms with van der Waals surface area (Å²) in [6.07, 6.45) is 0. The van der Waals surface area contributed by atoms with E-state index in [0.717, 1.165) is 6.54 Å². The molecule has 0 aromatic carbocycles. The molecule has 0 spiro atoms. The normalized spacial score (nSPS) is 11.0. The van der Waals surface area contributed by atoms with Crippen molar-refractivity contribution in [2.45, 2.75) is 79.1 Å². The van der Waals surface area contributed by atoms with E-state index in [1.54, 1.807) is 62.3 Å². The van der Waals surface area contributed by atoms with Crippen molar-refractivity contribution in [3.05, 3.63) is 0 Å². The Kier molecular flexibility index (Phi) is 19.5. The number of hydrogen-bond donors (Lipinski definition) is 3. The monoisotopic (exact) mass is 476 g/mol. The van der Waals surface area contributed by atoms with Gasteiger partial charge in [0.1, 0.15) is 0 Å². The fourth-order valence-electron chi connectivity index (χ4n) is 0.129. The van der Waals surface area contributed by atoms with E-state index >= 15 is 0 Å². The zero-order valence-corrected chi connectivity index (χ0v) is 18.8. The van der Waals surface area contributed by atoms with E-state index in [1.165, 1.54) is 19.2 Å². The van der Waals surface area contributed by atoms with E-state index in [2.05, 4.69) is 9.10 Å². The second-order valence-electron chi connectivity index (χ2n) is 7.89. The number of aliphatic hydroxyl groups is 3. The summed E-state index contributed by atoms with van der Waals surface area (Å²) in [4.78, 5) is 2.09. The van der Waals surface area contributed by atoms with Crippen LogP contribution in [0.15, 0.2) is 0 Å². The van der Waals surface area contributed by atoms with Gasteiger partial charge in [-0.05, 0) is 62.3 Å². The average molecular weight is 476 g/mol. The summed E-state index contributed by atoms with van der Waals surface area (Å²) in [6.45, 7) is 16.7. The van der Waals surface area contributed by atoms with Gasteiger partial charge in [-0.1, -0.05) is 0 Å². The van der Waals surface area contributed by atoms with Crippen molar-refractivity contribution in [2.75, 3.05) is 20.6 Å². The average Bonchev–Trinajstić information content (AvgIpc) is 1.91. The molecule has 0 aliphatic rings. The van der Waals surface area contributed by atoms with Gasteiger partial charge in [0.2, 0.25) is 0 Å². The van der Waals surface area contributed by atoms with E-state index in [9.17, 15) is 0 Å². The van der Waals surface area contributed by atoms with Crippen LogP contribution in [0.3, 0.4) is 0 Å². The zero-order chi connectivity index (χ0) is 18.5. The fourth-order valence-corrected chi connectivity index (χ4v) is 1.06. The van der Waals surface area contributed by atoms with Crippen LogP contribution in [0.4, 0.5) is 0 Å². The molecule has 0 unspecified atom stereocenters. The molecule has 0 bridgehead atoms. The summed E-state index contributed by atoms with van der Waals surface area (Å²) in [5, 5.41) is 25.6. The molecule has 0 saturated heterocycles. The van der Waals surface area contributed by atoms with Crippen LogP contribution in [-0.4, -0.2) is 57.7 Å². The van der Waals surface area contributed by atoms with Crippen molar-refractivity contribution >= 4 is 0 Å². The molecule has 5 heteroatoms. The van der Waals surface area contributed by atoms with Crippen LogP contribution in [0.5, 0.6) is 0 Å². The van der Waals surface area contributed by atoms with Gasteiger partial charge in [-0.15, -0.1) is 0 Å². The van der Waals surface area contributed by atoms with Gasteiger partial charge in [-0.3, -0.25) is 0 Å². The van der Waals surface area contributed by atoms with Crippen LogP contribution in [-0.2, 0) is 19.2 Å². The van der Waals surface area contributed by atoms with E-state index in [4.69, 9.17) is 15.3 Å². The standard InChI is InChI=1S/C4H8N.3C4H10O.W/c1-4-5(2)3;3*1-4(2,3)5;/h4H2,2-3H3;3*5H,1-3H3;. The maximum absolute atomic E-state index is 8.52. The second-order valence-corrected chi connectivity index (χ2v) is 8.93. The predicted octanol–water partition coefficient (Wildman–Crippen LogP) is 2.39. The van der Waals surface area contributed by atoms with Crippen LogP contribution in [0.2, 0.25) is 0 Å². The second kappa shape index (κ2) is 13.9. The Morgan fingerprint density at radius 1 is 0.714 bits per heavy atom. The third-order valence-electron chi connectivity index (χ3n) is 0.381. The summed E-state index contributed by atoms with van der Waals surface area (Å²) in [5.41, 5.74) is -1.50. The van der Waals surface area contributed by atoms with Gasteiger partial charge >= 0.3 is 48.9 Å². The Morgan fingerprint density at radius 2 is 0.857 bits per heavy atom. The van der Waals surface area contributed by atoms with E-state index in [1.807, 2.05) is 14.1 Å². The number of hydrogen-bond acceptors (Lipinski definition) is 4. The number of rotatable bonds is 1. The van der Waals surface area contributed by atoms with Gasteiger partial charge in [0, 0.05) is 0 Å². The summed E-state index contributed by atoms with van der Waals surface area (Å²) in [5.74, 6) is 0. The molecule has 0 aromatic heterocycles. The molecule has 0 radical (unpaired) electrons. The molecule has 4 nitrogen and oxygen atoms in total. The van der Waals surface area contributed by atoms with Crippen LogP contribution in [0, 0.1) is 4.20 Å². The Hall–Kier alpha value is 0.308. The van der Waals surface area contributed by atoms with Crippen molar-refractivity contribution in [3.63, 3.8) is 0 Å². The van der Waals surface area contributed by atoms with E-state index in [-0.39, 0.29) is 0 Å². The quantitative estimate of drug-likeness (QED) is 0.544. The van der Waals surface area contributed by atoms with Crippen LogP contribution < -0.4 is 0 Å². The maximum atomic E-state index is 8.52. The molecular weight excluding hydrogens is 438 g/mol. The van der Waals surface area contributed by atoms with Crippen LogP contribution >= 0.6 is 0 Å². The summed E-state index contributed by atoms with van der Waals surface area (Å²) >= 11 is 1.43. The first-order chi connectivity index (χ1) is 8.77. The first-order valence-corrected chi connectivity index (χ1v) is 8.41. The fraction of sp³-hybridized carbons (Fsp3) is 0.938. The first kappa shape index (κ1) is 29.3. The minimum atomic E-state index is -0.500. The SMILES string of the molecule is CC(C)(C)O.CC(C)(C)O.CC(C)(C)O.CN(C)C[C]#[W]. The topological polar surface area (TPSA) is 63.9 Å². The molecule has 0 aliphatic heterocycles. The van der Waals surface area contributed by atoms with E-state index < -0.39 is 16.8 Å². The van der Waals surface area contributed by atoms with Crippen LogP contribution in [0.25, 0.3) is 0 Å². The third-order valence-corrected chi connectivity index (χ3v) is 0.845. The van der Waals surface area contributed by atoms with Gasteiger partial charge in [0.25, 0.3) is 0 Å². The molecule has 0 aromatic rings. The molecule has 0 rings (SSSR count). The van der Waals surface area contributed by atoms with Gasteiger partial charge in [-0.25, -0.2) is 0 Å². The molecule has 0 atom stereocenters. The van der Waals surface area contributed by atoms with Crippen molar-refractivity contribution in [2.24, 2.45) is 0 Å². The summed E-state index contributed by atoms with van der Waals surface area (Å²) in [7, 11) is 4.08. The molecule has 0 amide bonds. The Morgan fingerprint density at radius 3 is 0.857 bits per heavy atom. The Labute approximate surface area is 143 Å². The van der Waals surface area contributed by atoms with Crippen LogP contribution in [0.1, 0.15) is 62.3 Å². The zero-order valence-electron chi connectivity index (χ0n) is 15.9.